The quantitative estimate of drug-likeness (QED) is 0.896. The van der Waals surface area contributed by atoms with Crippen LogP contribution in [0.5, 0.6) is 0 Å². The summed E-state index contributed by atoms with van der Waals surface area (Å²) in [4.78, 5) is 17.3. The van der Waals surface area contributed by atoms with Crippen molar-refractivity contribution < 1.29 is 14.4 Å². The number of carbonyl (C=O) groups excluding carboxylic acids is 1. The fourth-order valence-electron chi connectivity index (χ4n) is 2.43. The van der Waals surface area contributed by atoms with E-state index >= 15 is 0 Å². The van der Waals surface area contributed by atoms with E-state index in [1.807, 2.05) is 18.2 Å². The second kappa shape index (κ2) is 6.35. The Labute approximate surface area is 118 Å². The second-order valence-electron chi connectivity index (χ2n) is 5.29. The molecule has 20 heavy (non-hydrogen) atoms. The van der Waals surface area contributed by atoms with Gasteiger partial charge in [-0.3, -0.25) is 0 Å². The summed E-state index contributed by atoms with van der Waals surface area (Å²) >= 11 is 0. The molecule has 0 spiro atoms. The molecule has 3 rings (SSSR count). The van der Waals surface area contributed by atoms with Gasteiger partial charge in [-0.05, 0) is 25.0 Å². The maximum atomic E-state index is 11.9. The lowest BCUT2D eigenvalue weighted by Crippen LogP contribution is -2.51. The fourth-order valence-corrected chi connectivity index (χ4v) is 2.43. The molecule has 0 atom stereocenters. The first-order valence-electron chi connectivity index (χ1n) is 7.20. The van der Waals surface area contributed by atoms with Crippen molar-refractivity contribution in [1.29, 1.82) is 0 Å². The van der Waals surface area contributed by atoms with Crippen LogP contribution in [0.4, 0.5) is 0 Å². The third-order valence-electron chi connectivity index (χ3n) is 3.75. The smallest absolute Gasteiger partial charge is 0.357 e. The van der Waals surface area contributed by atoms with Crippen molar-refractivity contribution in [3.05, 3.63) is 35.9 Å². The summed E-state index contributed by atoms with van der Waals surface area (Å²) in [6.07, 6.45) is 2.50. The lowest BCUT2D eigenvalue weighted by Gasteiger charge is -2.35. The van der Waals surface area contributed by atoms with Crippen LogP contribution < -0.4 is 5.32 Å². The van der Waals surface area contributed by atoms with Crippen molar-refractivity contribution >= 4 is 5.97 Å². The van der Waals surface area contributed by atoms with Crippen LogP contribution in [0.15, 0.2) is 30.3 Å². The minimum absolute atomic E-state index is 0.284. The number of benzene rings is 1. The van der Waals surface area contributed by atoms with E-state index in [0.29, 0.717) is 17.8 Å². The minimum Gasteiger partial charge on any atom is -0.372 e. The first-order valence-corrected chi connectivity index (χ1v) is 7.20. The van der Waals surface area contributed by atoms with Crippen molar-refractivity contribution in [1.82, 2.24) is 10.4 Å². The van der Waals surface area contributed by atoms with Gasteiger partial charge in [0, 0.05) is 26.2 Å². The monoisotopic (exact) mass is 276 g/mol. The number of piperidine rings is 1. The van der Waals surface area contributed by atoms with E-state index in [1.54, 1.807) is 17.2 Å². The zero-order chi connectivity index (χ0) is 13.8. The summed E-state index contributed by atoms with van der Waals surface area (Å²) in [6.45, 7) is 3.40. The average Bonchev–Trinajstić information content (AvgIpc) is 2.45. The Balaban J connectivity index is 1.43. The Bertz CT molecular complexity index is 440. The highest BCUT2D eigenvalue weighted by molar-refractivity contribution is 5.89. The van der Waals surface area contributed by atoms with Gasteiger partial charge in [-0.1, -0.05) is 18.2 Å². The third kappa shape index (κ3) is 3.36. The van der Waals surface area contributed by atoms with Crippen LogP contribution in [-0.4, -0.2) is 49.4 Å². The zero-order valence-corrected chi connectivity index (χ0v) is 11.5. The Morgan fingerprint density at radius 3 is 2.40 bits per heavy atom. The standard InChI is InChI=1S/C15H20N2O3/c18-15(12-4-2-1-3-5-12)20-17-8-6-13(7-9-17)19-14-10-16-11-14/h1-5,13-14,16H,6-11H2. The number of nitrogens with one attached hydrogen (secondary N) is 1. The topological polar surface area (TPSA) is 50.8 Å². The van der Waals surface area contributed by atoms with Gasteiger partial charge in [0.1, 0.15) is 0 Å². The lowest BCUT2D eigenvalue weighted by atomic mass is 10.1. The van der Waals surface area contributed by atoms with Gasteiger partial charge in [-0.15, -0.1) is 5.06 Å². The Morgan fingerprint density at radius 2 is 1.80 bits per heavy atom. The number of hydrogen-bond donors (Lipinski definition) is 1. The van der Waals surface area contributed by atoms with E-state index in [2.05, 4.69) is 5.32 Å². The van der Waals surface area contributed by atoms with E-state index in [4.69, 9.17) is 9.57 Å². The van der Waals surface area contributed by atoms with Crippen LogP contribution in [0.25, 0.3) is 0 Å². The molecule has 2 aliphatic heterocycles. The van der Waals surface area contributed by atoms with Crippen LogP contribution in [0, 0.1) is 0 Å². The molecule has 2 heterocycles. The molecule has 2 fully saturated rings. The summed E-state index contributed by atoms with van der Waals surface area (Å²) in [7, 11) is 0. The maximum absolute atomic E-state index is 11.9. The molecular formula is C15H20N2O3. The van der Waals surface area contributed by atoms with E-state index < -0.39 is 0 Å². The summed E-state index contributed by atoms with van der Waals surface area (Å²) in [5.41, 5.74) is 0.589. The van der Waals surface area contributed by atoms with E-state index in [-0.39, 0.29) is 5.97 Å². The zero-order valence-electron chi connectivity index (χ0n) is 11.5. The summed E-state index contributed by atoms with van der Waals surface area (Å²) in [5.74, 6) is -0.284. The molecule has 5 nitrogen and oxygen atoms in total. The molecule has 1 aromatic carbocycles. The van der Waals surface area contributed by atoms with Crippen LogP contribution in [0.2, 0.25) is 0 Å². The van der Waals surface area contributed by atoms with E-state index in [9.17, 15) is 4.79 Å². The number of hydroxylamine groups is 2. The molecule has 0 aliphatic carbocycles. The van der Waals surface area contributed by atoms with Gasteiger partial charge in [0.15, 0.2) is 0 Å². The number of carbonyl (C=O) groups is 1. The molecular weight excluding hydrogens is 256 g/mol. The van der Waals surface area contributed by atoms with Gasteiger partial charge in [0.25, 0.3) is 0 Å². The van der Waals surface area contributed by atoms with Crippen LogP contribution in [0.1, 0.15) is 23.2 Å². The third-order valence-corrected chi connectivity index (χ3v) is 3.75. The van der Waals surface area contributed by atoms with Crippen molar-refractivity contribution in [3.63, 3.8) is 0 Å². The number of rotatable bonds is 4. The molecule has 0 unspecified atom stereocenters. The van der Waals surface area contributed by atoms with E-state index in [1.165, 1.54) is 0 Å². The Kier molecular flexibility index (Phi) is 4.30. The normalized spacial score (nSPS) is 21.4. The second-order valence-corrected chi connectivity index (χ2v) is 5.29. The minimum atomic E-state index is -0.284. The van der Waals surface area contributed by atoms with Crippen LogP contribution >= 0.6 is 0 Å². The molecule has 1 aromatic rings. The molecule has 108 valence electrons. The Hall–Kier alpha value is -1.43. The SMILES string of the molecule is O=C(ON1CCC(OC2CNC2)CC1)c1ccccc1. The number of hydrogen-bond acceptors (Lipinski definition) is 5. The molecule has 0 radical (unpaired) electrons. The van der Waals surface area contributed by atoms with Crippen LogP contribution in [0.3, 0.4) is 0 Å². The Morgan fingerprint density at radius 1 is 1.10 bits per heavy atom. The van der Waals surface area contributed by atoms with Gasteiger partial charge in [-0.2, -0.15) is 0 Å². The summed E-state index contributed by atoms with van der Waals surface area (Å²) in [6, 6.07) is 9.09. The first kappa shape index (κ1) is 13.5. The summed E-state index contributed by atoms with van der Waals surface area (Å²) in [5, 5.41) is 4.94. The molecule has 2 aliphatic rings. The highest BCUT2D eigenvalue weighted by atomic mass is 16.7. The molecule has 0 amide bonds. The molecule has 0 aromatic heterocycles. The lowest BCUT2D eigenvalue weighted by molar-refractivity contribution is -0.150. The van der Waals surface area contributed by atoms with Gasteiger partial charge >= 0.3 is 5.97 Å². The van der Waals surface area contributed by atoms with E-state index in [0.717, 1.165) is 39.0 Å². The average molecular weight is 276 g/mol. The van der Waals surface area contributed by atoms with Crippen molar-refractivity contribution in [2.45, 2.75) is 25.0 Å². The van der Waals surface area contributed by atoms with Gasteiger partial charge in [0.2, 0.25) is 0 Å². The van der Waals surface area contributed by atoms with Gasteiger partial charge in [0.05, 0.1) is 17.8 Å². The maximum Gasteiger partial charge on any atom is 0.357 e. The molecule has 0 bridgehead atoms. The molecule has 0 saturated carbocycles. The van der Waals surface area contributed by atoms with Crippen molar-refractivity contribution in [2.75, 3.05) is 26.2 Å². The number of nitrogens with zero attached hydrogens (tertiary/aromatic N) is 1. The van der Waals surface area contributed by atoms with Crippen molar-refractivity contribution in [2.24, 2.45) is 0 Å². The van der Waals surface area contributed by atoms with Gasteiger partial charge in [-0.25, -0.2) is 4.79 Å². The molecule has 5 heteroatoms. The van der Waals surface area contributed by atoms with Crippen LogP contribution in [-0.2, 0) is 9.57 Å². The van der Waals surface area contributed by atoms with Gasteiger partial charge < -0.3 is 14.9 Å². The largest absolute Gasteiger partial charge is 0.372 e. The molecule has 1 N–H and O–H groups in total. The highest BCUT2D eigenvalue weighted by Crippen LogP contribution is 2.17. The van der Waals surface area contributed by atoms with Crippen molar-refractivity contribution in [3.8, 4) is 0 Å². The summed E-state index contributed by atoms with van der Waals surface area (Å²) < 4.78 is 5.94. The molecule has 2 saturated heterocycles. The number of ether oxygens (including phenoxy) is 1. The highest BCUT2D eigenvalue weighted by Gasteiger charge is 2.27. The predicted molar refractivity (Wildman–Crippen MR) is 74.2 cm³/mol. The first-order chi connectivity index (χ1) is 9.81. The predicted octanol–water partition coefficient (Wildman–Crippen LogP) is 1.21. The fraction of sp³-hybridized carbons (Fsp3) is 0.533.